The van der Waals surface area contributed by atoms with Crippen molar-refractivity contribution in [1.29, 1.82) is 0 Å². The van der Waals surface area contributed by atoms with Crippen LogP contribution >= 0.6 is 0 Å². The first-order valence-electron chi connectivity index (χ1n) is 11.3. The van der Waals surface area contributed by atoms with Crippen LogP contribution in [0.5, 0.6) is 0 Å². The molecule has 0 atom stereocenters. The number of nitrogens with one attached hydrogen (secondary N) is 3. The molecule has 1 aliphatic heterocycles. The molecular weight excluding hydrogens is 418 g/mol. The molecule has 0 aliphatic carbocycles. The number of hydrogen-bond acceptors (Lipinski definition) is 4. The standard InChI is InChI=1S/C25H25N5O3/c31-23(14-17-15-26-20-8-5-4-7-18(17)20)28-29-24(32)16-10-11-19-21(13-16)27-22-9-3-1-2-6-12-30(22)25(19)33/h4-5,7-8,10-11,13,15,26H,1-3,6,9,12,14H2,(H,28,31)(H,29,32). The fourth-order valence-electron chi connectivity index (χ4n) is 4.43. The van der Waals surface area contributed by atoms with Gasteiger partial charge in [0.05, 0.1) is 17.3 Å². The maximum absolute atomic E-state index is 12.9. The quantitative estimate of drug-likeness (QED) is 0.423. The zero-order valence-corrected chi connectivity index (χ0v) is 18.2. The minimum Gasteiger partial charge on any atom is -0.361 e. The Morgan fingerprint density at radius 2 is 1.85 bits per heavy atom. The van der Waals surface area contributed by atoms with Crippen LogP contribution in [0.1, 0.15) is 47.4 Å². The first-order chi connectivity index (χ1) is 16.1. The SMILES string of the molecule is O=C(Cc1c[nH]c2ccccc12)NNC(=O)c1ccc2c(=O)n3c(nc2c1)CCCCCC3. The van der Waals surface area contributed by atoms with Crippen molar-refractivity contribution in [3.63, 3.8) is 0 Å². The lowest BCUT2D eigenvalue weighted by Crippen LogP contribution is -2.42. The van der Waals surface area contributed by atoms with Crippen LogP contribution in [0.2, 0.25) is 0 Å². The van der Waals surface area contributed by atoms with Crippen molar-refractivity contribution in [2.75, 3.05) is 0 Å². The summed E-state index contributed by atoms with van der Waals surface area (Å²) in [5.41, 5.74) is 7.51. The molecule has 2 amide bonds. The fourth-order valence-corrected chi connectivity index (χ4v) is 4.43. The smallest absolute Gasteiger partial charge is 0.269 e. The van der Waals surface area contributed by atoms with E-state index in [0.29, 0.717) is 23.0 Å². The summed E-state index contributed by atoms with van der Waals surface area (Å²) >= 11 is 0. The molecule has 0 radical (unpaired) electrons. The number of H-pyrrole nitrogens is 1. The van der Waals surface area contributed by atoms with Gasteiger partial charge in [-0.3, -0.25) is 29.8 Å². The first-order valence-corrected chi connectivity index (χ1v) is 11.3. The second-order valence-corrected chi connectivity index (χ2v) is 8.42. The Kier molecular flexibility index (Phi) is 5.64. The lowest BCUT2D eigenvalue weighted by atomic mass is 10.1. The van der Waals surface area contributed by atoms with Crippen LogP contribution in [0.15, 0.2) is 53.5 Å². The second kappa shape index (κ2) is 8.90. The summed E-state index contributed by atoms with van der Waals surface area (Å²) in [6.07, 6.45) is 6.91. The predicted octanol–water partition coefficient (Wildman–Crippen LogP) is 3.00. The van der Waals surface area contributed by atoms with E-state index in [4.69, 9.17) is 0 Å². The molecule has 0 unspecified atom stereocenters. The number of benzene rings is 2. The molecule has 4 aromatic rings. The van der Waals surface area contributed by atoms with Crippen molar-refractivity contribution in [3.8, 4) is 0 Å². The largest absolute Gasteiger partial charge is 0.361 e. The number of rotatable bonds is 3. The summed E-state index contributed by atoms with van der Waals surface area (Å²) < 4.78 is 1.77. The number of nitrogens with zero attached hydrogens (tertiary/aromatic N) is 2. The average molecular weight is 444 g/mol. The Balaban J connectivity index is 1.30. The Labute approximate surface area is 190 Å². The van der Waals surface area contributed by atoms with E-state index in [1.165, 1.54) is 0 Å². The number of fused-ring (bicyclic) bond motifs is 3. The van der Waals surface area contributed by atoms with Crippen LogP contribution in [0.25, 0.3) is 21.8 Å². The molecule has 0 fully saturated rings. The second-order valence-electron chi connectivity index (χ2n) is 8.42. The third-order valence-corrected chi connectivity index (χ3v) is 6.17. The highest BCUT2D eigenvalue weighted by atomic mass is 16.2. The summed E-state index contributed by atoms with van der Waals surface area (Å²) in [6.45, 7) is 0.682. The molecule has 33 heavy (non-hydrogen) atoms. The number of aromatic nitrogens is 3. The van der Waals surface area contributed by atoms with Crippen LogP contribution in [0.3, 0.4) is 0 Å². The zero-order chi connectivity index (χ0) is 22.8. The summed E-state index contributed by atoms with van der Waals surface area (Å²) in [5.74, 6) is -0.0127. The molecule has 0 bridgehead atoms. The minimum absolute atomic E-state index is 0.0594. The van der Waals surface area contributed by atoms with Crippen LogP contribution in [-0.2, 0) is 24.2 Å². The van der Waals surface area contributed by atoms with Crippen molar-refractivity contribution in [1.82, 2.24) is 25.4 Å². The summed E-state index contributed by atoms with van der Waals surface area (Å²) in [6, 6.07) is 12.6. The Morgan fingerprint density at radius 1 is 1.00 bits per heavy atom. The van der Waals surface area contributed by atoms with Crippen molar-refractivity contribution in [2.45, 2.75) is 45.1 Å². The van der Waals surface area contributed by atoms with Gasteiger partial charge in [-0.1, -0.05) is 31.0 Å². The molecular formula is C25H25N5O3. The fraction of sp³-hybridized carbons (Fsp3) is 0.280. The number of aryl methyl sites for hydroxylation is 1. The molecule has 2 aromatic heterocycles. The minimum atomic E-state index is -0.460. The first kappa shape index (κ1) is 20.9. The van der Waals surface area contributed by atoms with Gasteiger partial charge in [-0.2, -0.15) is 0 Å². The normalized spacial score (nSPS) is 13.8. The lowest BCUT2D eigenvalue weighted by molar-refractivity contribution is -0.121. The average Bonchev–Trinajstić information content (AvgIpc) is 3.21. The molecule has 0 saturated carbocycles. The monoisotopic (exact) mass is 443 g/mol. The highest BCUT2D eigenvalue weighted by molar-refractivity contribution is 5.98. The van der Waals surface area contributed by atoms with Crippen molar-refractivity contribution >= 4 is 33.6 Å². The number of hydrazine groups is 1. The van der Waals surface area contributed by atoms with Gasteiger partial charge in [0, 0.05) is 35.6 Å². The molecule has 168 valence electrons. The number of carbonyl (C=O) groups is 2. The van der Waals surface area contributed by atoms with Gasteiger partial charge in [-0.05, 0) is 42.7 Å². The maximum Gasteiger partial charge on any atom is 0.269 e. The Bertz CT molecular complexity index is 1420. The molecule has 1 aliphatic rings. The van der Waals surface area contributed by atoms with Gasteiger partial charge in [-0.25, -0.2) is 4.98 Å². The summed E-state index contributed by atoms with van der Waals surface area (Å²) in [4.78, 5) is 45.8. The Morgan fingerprint density at radius 3 is 2.76 bits per heavy atom. The maximum atomic E-state index is 12.9. The van der Waals surface area contributed by atoms with Gasteiger partial charge in [-0.15, -0.1) is 0 Å². The number of carbonyl (C=O) groups excluding carboxylic acids is 2. The molecule has 3 heterocycles. The van der Waals surface area contributed by atoms with E-state index >= 15 is 0 Å². The van der Waals surface area contributed by atoms with Gasteiger partial charge in [0.1, 0.15) is 5.82 Å². The number of para-hydroxylation sites is 1. The molecule has 0 saturated heterocycles. The van der Waals surface area contributed by atoms with Crippen molar-refractivity contribution < 1.29 is 9.59 Å². The van der Waals surface area contributed by atoms with E-state index in [1.807, 2.05) is 24.3 Å². The van der Waals surface area contributed by atoms with Crippen molar-refractivity contribution in [3.05, 3.63) is 76.0 Å². The third-order valence-electron chi connectivity index (χ3n) is 6.17. The van der Waals surface area contributed by atoms with E-state index in [-0.39, 0.29) is 17.9 Å². The molecule has 8 nitrogen and oxygen atoms in total. The highest BCUT2D eigenvalue weighted by Gasteiger charge is 2.16. The van der Waals surface area contributed by atoms with Crippen LogP contribution < -0.4 is 16.4 Å². The van der Waals surface area contributed by atoms with E-state index in [0.717, 1.165) is 54.4 Å². The Hall–Kier alpha value is -3.94. The molecule has 3 N–H and O–H groups in total. The van der Waals surface area contributed by atoms with Crippen LogP contribution in [0.4, 0.5) is 0 Å². The predicted molar refractivity (Wildman–Crippen MR) is 126 cm³/mol. The highest BCUT2D eigenvalue weighted by Crippen LogP contribution is 2.18. The lowest BCUT2D eigenvalue weighted by Gasteiger charge is -2.16. The van der Waals surface area contributed by atoms with E-state index in [2.05, 4.69) is 20.8 Å². The molecule has 2 aromatic carbocycles. The van der Waals surface area contributed by atoms with E-state index in [9.17, 15) is 14.4 Å². The van der Waals surface area contributed by atoms with Crippen LogP contribution in [0, 0.1) is 0 Å². The summed E-state index contributed by atoms with van der Waals surface area (Å²) in [7, 11) is 0. The third kappa shape index (κ3) is 4.24. The van der Waals surface area contributed by atoms with Gasteiger partial charge in [0.2, 0.25) is 5.91 Å². The van der Waals surface area contributed by atoms with Crippen LogP contribution in [-0.4, -0.2) is 26.3 Å². The van der Waals surface area contributed by atoms with Gasteiger partial charge >= 0.3 is 0 Å². The molecule has 8 heteroatoms. The number of aromatic amines is 1. The summed E-state index contributed by atoms with van der Waals surface area (Å²) in [5, 5.41) is 1.47. The zero-order valence-electron chi connectivity index (χ0n) is 18.2. The number of amides is 2. The number of hydrogen-bond donors (Lipinski definition) is 3. The van der Waals surface area contributed by atoms with E-state index in [1.54, 1.807) is 29.0 Å². The topological polar surface area (TPSA) is 109 Å². The van der Waals surface area contributed by atoms with Crippen molar-refractivity contribution in [2.24, 2.45) is 0 Å². The van der Waals surface area contributed by atoms with E-state index < -0.39 is 5.91 Å². The van der Waals surface area contributed by atoms with Gasteiger partial charge in [0.25, 0.3) is 11.5 Å². The van der Waals surface area contributed by atoms with Gasteiger partial charge < -0.3 is 4.98 Å². The molecule has 5 rings (SSSR count). The molecule has 0 spiro atoms. The van der Waals surface area contributed by atoms with Gasteiger partial charge in [0.15, 0.2) is 0 Å².